The first kappa shape index (κ1) is 14.8. The topological polar surface area (TPSA) is 23.5 Å². The highest BCUT2D eigenvalue weighted by Gasteiger charge is 2.49. The van der Waals surface area contributed by atoms with E-state index >= 15 is 0 Å². The van der Waals surface area contributed by atoms with E-state index in [4.69, 9.17) is 0 Å². The summed E-state index contributed by atoms with van der Waals surface area (Å²) in [4.78, 5) is 2.68. The molecule has 116 valence electrons. The molecule has 3 aliphatic rings. The normalized spacial score (nSPS) is 36.3. The quantitative estimate of drug-likeness (QED) is 0.841. The Bertz CT molecular complexity index is 305. The summed E-state index contributed by atoms with van der Waals surface area (Å²) < 4.78 is 0. The molecule has 0 aromatic heterocycles. The molecule has 0 amide bonds. The molecule has 20 heavy (non-hydrogen) atoms. The van der Waals surface area contributed by atoms with E-state index in [-0.39, 0.29) is 11.6 Å². The number of hydrogen-bond acceptors (Lipinski definition) is 2. The van der Waals surface area contributed by atoms with Gasteiger partial charge in [-0.25, -0.2) is 0 Å². The molecule has 1 heterocycles. The summed E-state index contributed by atoms with van der Waals surface area (Å²) in [6, 6.07) is 0. The predicted molar refractivity (Wildman–Crippen MR) is 83.8 cm³/mol. The molecule has 0 aromatic rings. The van der Waals surface area contributed by atoms with E-state index in [1.54, 1.807) is 0 Å². The Labute approximate surface area is 124 Å². The Morgan fingerprint density at radius 3 is 2.40 bits per heavy atom. The van der Waals surface area contributed by atoms with Gasteiger partial charge in [-0.3, -0.25) is 4.90 Å². The van der Waals surface area contributed by atoms with Gasteiger partial charge in [0.05, 0.1) is 6.10 Å². The lowest BCUT2D eigenvalue weighted by molar-refractivity contribution is -0.0633. The summed E-state index contributed by atoms with van der Waals surface area (Å²) in [5.41, 5.74) is 0.163. The molecule has 2 aliphatic carbocycles. The summed E-state index contributed by atoms with van der Waals surface area (Å²) in [6.45, 7) is 4.80. The van der Waals surface area contributed by atoms with Crippen LogP contribution in [0.4, 0.5) is 0 Å². The van der Waals surface area contributed by atoms with Gasteiger partial charge in [-0.1, -0.05) is 39.0 Å². The Morgan fingerprint density at radius 1 is 1.05 bits per heavy atom. The smallest absolute Gasteiger partial charge is 0.0752 e. The zero-order valence-electron chi connectivity index (χ0n) is 13.3. The second kappa shape index (κ2) is 6.36. The minimum Gasteiger partial charge on any atom is -0.391 e. The van der Waals surface area contributed by atoms with Gasteiger partial charge in [0.25, 0.3) is 0 Å². The van der Waals surface area contributed by atoms with Gasteiger partial charge in [0.15, 0.2) is 0 Å². The van der Waals surface area contributed by atoms with Crippen molar-refractivity contribution in [1.29, 1.82) is 0 Å². The molecule has 3 rings (SSSR count). The van der Waals surface area contributed by atoms with Crippen molar-refractivity contribution in [3.05, 3.63) is 0 Å². The molecule has 0 bridgehead atoms. The first-order valence-electron chi connectivity index (χ1n) is 9.19. The van der Waals surface area contributed by atoms with E-state index in [1.807, 2.05) is 0 Å². The molecule has 0 radical (unpaired) electrons. The van der Waals surface area contributed by atoms with Crippen molar-refractivity contribution in [2.75, 3.05) is 13.1 Å². The van der Waals surface area contributed by atoms with Gasteiger partial charge < -0.3 is 5.11 Å². The maximum Gasteiger partial charge on any atom is 0.0752 e. The van der Waals surface area contributed by atoms with E-state index in [9.17, 15) is 5.11 Å². The van der Waals surface area contributed by atoms with Crippen molar-refractivity contribution in [3.8, 4) is 0 Å². The predicted octanol–water partition coefficient (Wildman–Crippen LogP) is 3.97. The minimum absolute atomic E-state index is 0.0579. The Morgan fingerprint density at radius 2 is 1.75 bits per heavy atom. The average molecular weight is 279 g/mol. The molecule has 2 nitrogen and oxygen atoms in total. The Kier molecular flexibility index (Phi) is 4.72. The van der Waals surface area contributed by atoms with Crippen molar-refractivity contribution in [1.82, 2.24) is 4.90 Å². The number of nitrogens with zero attached hydrogens (tertiary/aromatic N) is 1. The number of aliphatic hydroxyl groups is 1. The highest BCUT2D eigenvalue weighted by Crippen LogP contribution is 2.45. The minimum atomic E-state index is -0.0579. The fraction of sp³-hybridized carbons (Fsp3) is 1.00. The van der Waals surface area contributed by atoms with Crippen LogP contribution in [0.1, 0.15) is 77.6 Å². The molecule has 2 saturated carbocycles. The van der Waals surface area contributed by atoms with Gasteiger partial charge in [-0.2, -0.15) is 0 Å². The Hall–Kier alpha value is -0.0800. The van der Waals surface area contributed by atoms with E-state index in [0.29, 0.717) is 5.92 Å². The summed E-state index contributed by atoms with van der Waals surface area (Å²) in [5.74, 6) is 1.45. The van der Waals surface area contributed by atoms with Crippen LogP contribution in [0.25, 0.3) is 0 Å². The van der Waals surface area contributed by atoms with Crippen LogP contribution in [-0.2, 0) is 0 Å². The third-order valence-electron chi connectivity index (χ3n) is 6.60. The first-order chi connectivity index (χ1) is 9.76. The zero-order chi connectivity index (χ0) is 14.0. The van der Waals surface area contributed by atoms with E-state index in [1.165, 1.54) is 83.7 Å². The highest BCUT2D eigenvalue weighted by molar-refractivity contribution is 5.04. The number of rotatable bonds is 4. The highest BCUT2D eigenvalue weighted by atomic mass is 16.3. The average Bonchev–Trinajstić information content (AvgIpc) is 3.18. The van der Waals surface area contributed by atoms with Crippen LogP contribution in [0.5, 0.6) is 0 Å². The van der Waals surface area contributed by atoms with E-state index in [0.717, 1.165) is 5.92 Å². The second-order valence-corrected chi connectivity index (χ2v) is 7.65. The molecule has 0 spiro atoms. The van der Waals surface area contributed by atoms with Gasteiger partial charge in [0.2, 0.25) is 0 Å². The van der Waals surface area contributed by atoms with Crippen LogP contribution in [-0.4, -0.2) is 34.7 Å². The van der Waals surface area contributed by atoms with E-state index in [2.05, 4.69) is 11.8 Å². The van der Waals surface area contributed by atoms with Crippen LogP contribution in [0.3, 0.4) is 0 Å². The maximum absolute atomic E-state index is 11.3. The second-order valence-electron chi connectivity index (χ2n) is 7.65. The Balaban J connectivity index is 1.73. The van der Waals surface area contributed by atoms with Crippen LogP contribution in [0.2, 0.25) is 0 Å². The lowest BCUT2D eigenvalue weighted by atomic mass is 9.71. The van der Waals surface area contributed by atoms with Crippen LogP contribution in [0.15, 0.2) is 0 Å². The van der Waals surface area contributed by atoms with Crippen molar-refractivity contribution in [3.63, 3.8) is 0 Å². The number of aliphatic hydroxyl groups excluding tert-OH is 1. The van der Waals surface area contributed by atoms with Crippen LogP contribution < -0.4 is 0 Å². The summed E-state index contributed by atoms with van der Waals surface area (Å²) >= 11 is 0. The first-order valence-corrected chi connectivity index (χ1v) is 9.19. The summed E-state index contributed by atoms with van der Waals surface area (Å²) in [5, 5.41) is 11.3. The molecule has 3 unspecified atom stereocenters. The number of likely N-dealkylation sites (tertiary alicyclic amines) is 1. The van der Waals surface area contributed by atoms with Crippen LogP contribution in [0, 0.1) is 11.8 Å². The lowest BCUT2D eigenvalue weighted by Crippen LogP contribution is -2.56. The molecule has 1 saturated heterocycles. The zero-order valence-corrected chi connectivity index (χ0v) is 13.3. The molecule has 2 heteroatoms. The van der Waals surface area contributed by atoms with Crippen LogP contribution >= 0.6 is 0 Å². The molecular formula is C18H33NO. The molecule has 1 aliphatic heterocycles. The maximum atomic E-state index is 11.3. The van der Waals surface area contributed by atoms with Gasteiger partial charge in [0.1, 0.15) is 0 Å². The van der Waals surface area contributed by atoms with Crippen molar-refractivity contribution in [2.24, 2.45) is 11.8 Å². The summed E-state index contributed by atoms with van der Waals surface area (Å²) in [7, 11) is 0. The lowest BCUT2D eigenvalue weighted by Gasteiger charge is -2.47. The molecular weight excluding hydrogens is 246 g/mol. The summed E-state index contributed by atoms with van der Waals surface area (Å²) in [6.07, 6.45) is 14.4. The molecule has 1 N–H and O–H groups in total. The van der Waals surface area contributed by atoms with Crippen molar-refractivity contribution < 1.29 is 5.11 Å². The third-order valence-corrected chi connectivity index (χ3v) is 6.60. The van der Waals surface area contributed by atoms with Gasteiger partial charge in [0, 0.05) is 5.54 Å². The van der Waals surface area contributed by atoms with Gasteiger partial charge in [-0.05, 0) is 63.5 Å². The largest absolute Gasteiger partial charge is 0.391 e. The molecule has 3 fully saturated rings. The van der Waals surface area contributed by atoms with Crippen molar-refractivity contribution >= 4 is 0 Å². The van der Waals surface area contributed by atoms with Gasteiger partial charge in [-0.15, -0.1) is 0 Å². The number of hydrogen-bond donors (Lipinski definition) is 1. The van der Waals surface area contributed by atoms with Gasteiger partial charge >= 0.3 is 0 Å². The fourth-order valence-electron chi connectivity index (χ4n) is 5.38. The molecule has 0 aromatic carbocycles. The SMILES string of the molecule is CCC1CCCC(C(O)C2(N3CCCC3)CCCC2)C1. The monoisotopic (exact) mass is 279 g/mol. The van der Waals surface area contributed by atoms with E-state index < -0.39 is 0 Å². The molecule has 3 atom stereocenters. The van der Waals surface area contributed by atoms with Crippen molar-refractivity contribution in [2.45, 2.75) is 89.2 Å². The standard InChI is InChI=1S/C18H33NO/c1-2-15-8-7-9-16(14-15)17(20)18(10-3-4-11-18)19-12-5-6-13-19/h15-17,20H,2-14H2,1H3. The fourth-order valence-corrected chi connectivity index (χ4v) is 5.38. The third kappa shape index (κ3) is 2.66.